The molecule has 0 aliphatic rings. The zero-order valence-electron chi connectivity index (χ0n) is 4.73. The average molecular weight is 181 g/mol. The minimum absolute atomic E-state index is 0. The van der Waals surface area contributed by atoms with Crippen molar-refractivity contribution < 1.29 is 35.7 Å². The molecule has 3 heteroatoms. The van der Waals surface area contributed by atoms with Crippen LogP contribution in [0.1, 0.15) is 0 Å². The molecule has 0 radical (unpaired) electrons. The van der Waals surface area contributed by atoms with Crippen molar-refractivity contribution in [1.29, 1.82) is 0 Å². The van der Waals surface area contributed by atoms with E-state index in [1.807, 2.05) is 0 Å². The third-order valence-electron chi connectivity index (χ3n) is 0.492. The smallest absolute Gasteiger partial charge is 0.0696 e. The second-order valence-corrected chi connectivity index (χ2v) is 0.986. The fourth-order valence-electron chi connectivity index (χ4n) is 0.167. The third kappa shape index (κ3) is 10.9. The molecule has 0 heterocycles. The first-order valence-corrected chi connectivity index (χ1v) is 1.89. The first-order valence-electron chi connectivity index (χ1n) is 1.89. The second kappa shape index (κ2) is 9.93. The topological polar surface area (TPSA) is 18.5 Å². The summed E-state index contributed by atoms with van der Waals surface area (Å²) in [6.07, 6.45) is 0. The standard InChI is InChI=1S/C4H10O2.Zr/c1-5-3-4-6-2;/h3-4H2,1-2H3;. The minimum Gasteiger partial charge on any atom is -0.382 e. The Morgan fingerprint density at radius 2 is 1.29 bits per heavy atom. The van der Waals surface area contributed by atoms with Gasteiger partial charge in [-0.1, -0.05) is 0 Å². The molecule has 0 bridgehead atoms. The van der Waals surface area contributed by atoms with E-state index in [1.165, 1.54) is 0 Å². The van der Waals surface area contributed by atoms with Crippen molar-refractivity contribution in [2.75, 3.05) is 27.4 Å². The van der Waals surface area contributed by atoms with E-state index >= 15 is 0 Å². The predicted octanol–water partition coefficient (Wildman–Crippen LogP) is 0.277. The van der Waals surface area contributed by atoms with Gasteiger partial charge in [0, 0.05) is 40.4 Å². The number of rotatable bonds is 3. The summed E-state index contributed by atoms with van der Waals surface area (Å²) in [7, 11) is 3.30. The van der Waals surface area contributed by atoms with E-state index in [1.54, 1.807) is 14.2 Å². The molecule has 0 unspecified atom stereocenters. The Balaban J connectivity index is 0. The third-order valence-corrected chi connectivity index (χ3v) is 0.492. The van der Waals surface area contributed by atoms with E-state index in [0.29, 0.717) is 13.2 Å². The van der Waals surface area contributed by atoms with Crippen molar-refractivity contribution in [2.24, 2.45) is 0 Å². The van der Waals surface area contributed by atoms with Crippen LogP contribution in [0.15, 0.2) is 0 Å². The quantitative estimate of drug-likeness (QED) is 0.582. The fourth-order valence-corrected chi connectivity index (χ4v) is 0.167. The molecule has 0 amide bonds. The zero-order chi connectivity index (χ0) is 4.83. The fraction of sp³-hybridized carbons (Fsp3) is 1.00. The number of methoxy groups -OCH3 is 2. The van der Waals surface area contributed by atoms with Gasteiger partial charge in [0.2, 0.25) is 0 Å². The maximum Gasteiger partial charge on any atom is 0.0696 e. The molecule has 0 saturated carbocycles. The van der Waals surface area contributed by atoms with Crippen molar-refractivity contribution >= 4 is 0 Å². The number of hydrogen-bond acceptors (Lipinski definition) is 2. The molecular formula is C4H10O2Zr. The molecule has 0 rings (SSSR count). The normalized spacial score (nSPS) is 7.71. The van der Waals surface area contributed by atoms with Crippen LogP contribution in [-0.2, 0) is 35.7 Å². The van der Waals surface area contributed by atoms with E-state index in [9.17, 15) is 0 Å². The van der Waals surface area contributed by atoms with Gasteiger partial charge in [0.25, 0.3) is 0 Å². The van der Waals surface area contributed by atoms with Gasteiger partial charge in [0.05, 0.1) is 13.2 Å². The SMILES string of the molecule is COCCOC.[Zr]. The van der Waals surface area contributed by atoms with Gasteiger partial charge in [-0.3, -0.25) is 0 Å². The average Bonchev–Trinajstić information content (AvgIpc) is 1.61. The monoisotopic (exact) mass is 180 g/mol. The molecule has 0 aromatic heterocycles. The van der Waals surface area contributed by atoms with Crippen molar-refractivity contribution in [2.45, 2.75) is 0 Å². The van der Waals surface area contributed by atoms with Crippen LogP contribution in [0.3, 0.4) is 0 Å². The molecule has 0 fully saturated rings. The Morgan fingerprint density at radius 1 is 1.00 bits per heavy atom. The molecule has 0 aliphatic heterocycles. The van der Waals surface area contributed by atoms with Gasteiger partial charge in [-0.2, -0.15) is 0 Å². The van der Waals surface area contributed by atoms with E-state index in [4.69, 9.17) is 0 Å². The van der Waals surface area contributed by atoms with Gasteiger partial charge in [0.15, 0.2) is 0 Å². The van der Waals surface area contributed by atoms with Crippen molar-refractivity contribution in [3.05, 3.63) is 0 Å². The molecule has 0 N–H and O–H groups in total. The predicted molar refractivity (Wildman–Crippen MR) is 23.8 cm³/mol. The molecule has 0 aromatic rings. The van der Waals surface area contributed by atoms with Crippen molar-refractivity contribution in [3.63, 3.8) is 0 Å². The van der Waals surface area contributed by atoms with Crippen LogP contribution in [0.25, 0.3) is 0 Å². The first-order chi connectivity index (χ1) is 2.91. The summed E-state index contributed by atoms with van der Waals surface area (Å²) in [6.45, 7) is 1.38. The molecule has 7 heavy (non-hydrogen) atoms. The van der Waals surface area contributed by atoms with E-state index in [2.05, 4.69) is 9.47 Å². The summed E-state index contributed by atoms with van der Waals surface area (Å²) in [5.74, 6) is 0. The van der Waals surface area contributed by atoms with E-state index < -0.39 is 0 Å². The summed E-state index contributed by atoms with van der Waals surface area (Å²) >= 11 is 0. The van der Waals surface area contributed by atoms with Crippen LogP contribution in [0.5, 0.6) is 0 Å². The Hall–Kier alpha value is 0.803. The molecule has 2 nitrogen and oxygen atoms in total. The van der Waals surface area contributed by atoms with Crippen LogP contribution >= 0.6 is 0 Å². The van der Waals surface area contributed by atoms with Crippen LogP contribution in [0.4, 0.5) is 0 Å². The van der Waals surface area contributed by atoms with Gasteiger partial charge >= 0.3 is 0 Å². The first kappa shape index (κ1) is 10.7. The van der Waals surface area contributed by atoms with E-state index in [-0.39, 0.29) is 26.2 Å². The second-order valence-electron chi connectivity index (χ2n) is 0.986. The summed E-state index contributed by atoms with van der Waals surface area (Å²) in [6, 6.07) is 0. The molecule has 42 valence electrons. The molecule has 0 atom stereocenters. The van der Waals surface area contributed by atoms with Crippen LogP contribution < -0.4 is 0 Å². The summed E-state index contributed by atoms with van der Waals surface area (Å²) in [5.41, 5.74) is 0. The Bertz CT molecular complexity index is 21.7. The van der Waals surface area contributed by atoms with Gasteiger partial charge in [0.1, 0.15) is 0 Å². The molecule has 0 saturated heterocycles. The summed E-state index contributed by atoms with van der Waals surface area (Å²) in [4.78, 5) is 0. The van der Waals surface area contributed by atoms with E-state index in [0.717, 1.165) is 0 Å². The molecule has 0 aliphatic carbocycles. The zero-order valence-corrected chi connectivity index (χ0v) is 7.19. The van der Waals surface area contributed by atoms with Crippen LogP contribution in [0, 0.1) is 0 Å². The maximum absolute atomic E-state index is 4.66. The molecule has 0 aromatic carbocycles. The number of ether oxygens (including phenoxy) is 2. The molecular weight excluding hydrogens is 171 g/mol. The van der Waals surface area contributed by atoms with Gasteiger partial charge < -0.3 is 9.47 Å². The van der Waals surface area contributed by atoms with Crippen LogP contribution in [0.2, 0.25) is 0 Å². The van der Waals surface area contributed by atoms with Crippen molar-refractivity contribution in [3.8, 4) is 0 Å². The van der Waals surface area contributed by atoms with Gasteiger partial charge in [-0.25, -0.2) is 0 Å². The van der Waals surface area contributed by atoms with Crippen molar-refractivity contribution in [1.82, 2.24) is 0 Å². The summed E-state index contributed by atoms with van der Waals surface area (Å²) in [5, 5.41) is 0. The van der Waals surface area contributed by atoms with Crippen LogP contribution in [-0.4, -0.2) is 27.4 Å². The molecule has 0 spiro atoms. The Labute approximate surface area is 63.3 Å². The largest absolute Gasteiger partial charge is 0.382 e. The summed E-state index contributed by atoms with van der Waals surface area (Å²) < 4.78 is 9.31. The minimum atomic E-state index is 0. The van der Waals surface area contributed by atoms with Gasteiger partial charge in [-0.15, -0.1) is 0 Å². The Kier molecular flexibility index (Phi) is 15.2. The van der Waals surface area contributed by atoms with Gasteiger partial charge in [-0.05, 0) is 0 Å². The Morgan fingerprint density at radius 3 is 1.43 bits per heavy atom. The number of hydrogen-bond donors (Lipinski definition) is 0. The maximum atomic E-state index is 4.66.